The summed E-state index contributed by atoms with van der Waals surface area (Å²) in [6.45, 7) is 0. The van der Waals surface area contributed by atoms with E-state index in [0.29, 0.717) is 11.3 Å². The van der Waals surface area contributed by atoms with Crippen molar-refractivity contribution in [3.8, 4) is 11.5 Å². The first kappa shape index (κ1) is 14.4. The van der Waals surface area contributed by atoms with Crippen LogP contribution in [-0.2, 0) is 0 Å². The van der Waals surface area contributed by atoms with Gasteiger partial charge in [-0.1, -0.05) is 0 Å². The van der Waals surface area contributed by atoms with Crippen LogP contribution in [0.15, 0.2) is 42.5 Å². The van der Waals surface area contributed by atoms with Gasteiger partial charge < -0.3 is 20.3 Å². The summed E-state index contributed by atoms with van der Waals surface area (Å²) in [7, 11) is 1.42. The van der Waals surface area contributed by atoms with Crippen molar-refractivity contribution in [2.45, 2.75) is 0 Å². The average molecular weight is 287 g/mol. The highest BCUT2D eigenvalue weighted by molar-refractivity contribution is 6.05. The number of carboxylic acid groups (broad SMARTS) is 1. The normalized spacial score (nSPS) is 9.95. The number of methoxy groups -OCH3 is 1. The Kier molecular flexibility index (Phi) is 4.08. The van der Waals surface area contributed by atoms with E-state index in [9.17, 15) is 14.7 Å². The van der Waals surface area contributed by atoms with Crippen molar-refractivity contribution >= 4 is 17.6 Å². The van der Waals surface area contributed by atoms with Gasteiger partial charge in [-0.15, -0.1) is 0 Å². The molecule has 0 bridgehead atoms. The molecule has 0 atom stereocenters. The molecule has 6 nitrogen and oxygen atoms in total. The van der Waals surface area contributed by atoms with Crippen molar-refractivity contribution in [1.29, 1.82) is 0 Å². The van der Waals surface area contributed by atoms with Crippen molar-refractivity contribution in [3.63, 3.8) is 0 Å². The number of aromatic carboxylic acids is 1. The second-order valence-corrected chi connectivity index (χ2v) is 4.22. The summed E-state index contributed by atoms with van der Waals surface area (Å²) in [6, 6.07) is 9.86. The molecule has 0 radical (unpaired) electrons. The minimum atomic E-state index is -1.10. The van der Waals surface area contributed by atoms with E-state index in [4.69, 9.17) is 9.84 Å². The molecule has 2 aromatic carbocycles. The van der Waals surface area contributed by atoms with Crippen LogP contribution in [0.3, 0.4) is 0 Å². The zero-order chi connectivity index (χ0) is 15.4. The Labute approximate surface area is 120 Å². The van der Waals surface area contributed by atoms with Gasteiger partial charge in [-0.3, -0.25) is 4.79 Å². The fourth-order valence-electron chi connectivity index (χ4n) is 1.75. The van der Waals surface area contributed by atoms with Gasteiger partial charge in [0.05, 0.1) is 18.4 Å². The van der Waals surface area contributed by atoms with Gasteiger partial charge in [-0.05, 0) is 42.5 Å². The summed E-state index contributed by atoms with van der Waals surface area (Å²) in [5.74, 6) is -1.13. The summed E-state index contributed by atoms with van der Waals surface area (Å²) in [4.78, 5) is 23.0. The van der Waals surface area contributed by atoms with Crippen molar-refractivity contribution in [3.05, 3.63) is 53.6 Å². The third-order valence-corrected chi connectivity index (χ3v) is 2.82. The van der Waals surface area contributed by atoms with E-state index in [2.05, 4.69) is 5.32 Å². The van der Waals surface area contributed by atoms with Gasteiger partial charge >= 0.3 is 5.97 Å². The predicted octanol–water partition coefficient (Wildman–Crippen LogP) is 2.35. The molecule has 108 valence electrons. The molecule has 0 aromatic heterocycles. The number of aromatic hydroxyl groups is 1. The van der Waals surface area contributed by atoms with E-state index < -0.39 is 11.9 Å². The first-order valence-electron chi connectivity index (χ1n) is 6.03. The topological polar surface area (TPSA) is 95.9 Å². The monoisotopic (exact) mass is 287 g/mol. The Morgan fingerprint density at radius 3 is 2.24 bits per heavy atom. The number of nitrogens with one attached hydrogen (secondary N) is 1. The maximum absolute atomic E-state index is 12.1. The first-order valence-corrected chi connectivity index (χ1v) is 6.03. The summed E-state index contributed by atoms with van der Waals surface area (Å²) in [5.41, 5.74) is 0.628. The molecule has 6 heteroatoms. The maximum atomic E-state index is 12.1. The van der Waals surface area contributed by atoms with Crippen LogP contribution in [0.2, 0.25) is 0 Å². The maximum Gasteiger partial charge on any atom is 0.335 e. The minimum Gasteiger partial charge on any atom is -0.508 e. The third-order valence-electron chi connectivity index (χ3n) is 2.82. The zero-order valence-corrected chi connectivity index (χ0v) is 11.2. The molecule has 0 unspecified atom stereocenters. The van der Waals surface area contributed by atoms with E-state index in [0.717, 1.165) is 0 Å². The van der Waals surface area contributed by atoms with Gasteiger partial charge in [0.1, 0.15) is 11.5 Å². The first-order chi connectivity index (χ1) is 10.0. The van der Waals surface area contributed by atoms with Crippen LogP contribution in [0.5, 0.6) is 11.5 Å². The predicted molar refractivity (Wildman–Crippen MR) is 76.0 cm³/mol. The molecule has 21 heavy (non-hydrogen) atoms. The number of rotatable bonds is 4. The number of carbonyl (C=O) groups is 2. The molecule has 0 heterocycles. The van der Waals surface area contributed by atoms with Gasteiger partial charge in [-0.2, -0.15) is 0 Å². The number of amides is 1. The lowest BCUT2D eigenvalue weighted by Crippen LogP contribution is -2.13. The van der Waals surface area contributed by atoms with Crippen molar-refractivity contribution < 1.29 is 24.5 Å². The molecule has 0 saturated carbocycles. The number of carboxylic acids is 1. The fourth-order valence-corrected chi connectivity index (χ4v) is 1.75. The van der Waals surface area contributed by atoms with Gasteiger partial charge in [0.2, 0.25) is 0 Å². The molecule has 0 aliphatic heterocycles. The van der Waals surface area contributed by atoms with Crippen LogP contribution in [0.1, 0.15) is 20.7 Å². The van der Waals surface area contributed by atoms with Crippen LogP contribution in [-0.4, -0.2) is 29.2 Å². The Hall–Kier alpha value is -3.02. The number of benzene rings is 2. The second-order valence-electron chi connectivity index (χ2n) is 4.22. The number of ether oxygens (including phenoxy) is 1. The molecular formula is C15H13NO5. The molecule has 2 rings (SSSR count). The van der Waals surface area contributed by atoms with E-state index in [1.807, 2.05) is 0 Å². The van der Waals surface area contributed by atoms with Crippen molar-refractivity contribution in [2.24, 2.45) is 0 Å². The van der Waals surface area contributed by atoms with Crippen LogP contribution in [0.25, 0.3) is 0 Å². The molecule has 2 aromatic rings. The quantitative estimate of drug-likeness (QED) is 0.802. The minimum absolute atomic E-state index is 0.0387. The Balaban J connectivity index is 2.29. The van der Waals surface area contributed by atoms with Gasteiger partial charge in [0.15, 0.2) is 0 Å². The number of hydrogen-bond acceptors (Lipinski definition) is 4. The smallest absolute Gasteiger partial charge is 0.335 e. The molecule has 0 aliphatic carbocycles. The molecule has 0 spiro atoms. The summed E-state index contributed by atoms with van der Waals surface area (Å²) >= 11 is 0. The lowest BCUT2D eigenvalue weighted by molar-refractivity contribution is 0.0696. The van der Waals surface area contributed by atoms with E-state index in [-0.39, 0.29) is 17.0 Å². The number of phenolic OH excluding ortho intramolecular Hbond substituents is 1. The molecule has 0 saturated heterocycles. The lowest BCUT2D eigenvalue weighted by atomic mass is 10.1. The molecular weight excluding hydrogens is 274 g/mol. The van der Waals surface area contributed by atoms with Crippen LogP contribution in [0, 0.1) is 0 Å². The molecule has 1 amide bonds. The van der Waals surface area contributed by atoms with Crippen molar-refractivity contribution in [2.75, 3.05) is 12.4 Å². The van der Waals surface area contributed by atoms with E-state index in [1.165, 1.54) is 49.6 Å². The Bertz CT molecular complexity index is 679. The third kappa shape index (κ3) is 3.30. The van der Waals surface area contributed by atoms with Crippen LogP contribution in [0.4, 0.5) is 5.69 Å². The molecule has 0 fully saturated rings. The van der Waals surface area contributed by atoms with Crippen molar-refractivity contribution in [1.82, 2.24) is 0 Å². The molecule has 0 aliphatic rings. The SMILES string of the molecule is COc1ccc(C(=O)O)cc1NC(=O)c1ccc(O)cc1. The van der Waals surface area contributed by atoms with Gasteiger partial charge in [0.25, 0.3) is 5.91 Å². The van der Waals surface area contributed by atoms with Crippen LogP contribution < -0.4 is 10.1 Å². The summed E-state index contributed by atoms with van der Waals surface area (Å²) in [6.07, 6.45) is 0. The van der Waals surface area contributed by atoms with Crippen LogP contribution >= 0.6 is 0 Å². The Morgan fingerprint density at radius 1 is 1.05 bits per heavy atom. The van der Waals surface area contributed by atoms with E-state index in [1.54, 1.807) is 0 Å². The standard InChI is InChI=1S/C15H13NO5/c1-21-13-7-4-10(15(19)20)8-12(13)16-14(18)9-2-5-11(17)6-3-9/h2-8,17H,1H3,(H,16,18)(H,19,20). The fraction of sp³-hybridized carbons (Fsp3) is 0.0667. The molecule has 3 N–H and O–H groups in total. The lowest BCUT2D eigenvalue weighted by Gasteiger charge is -2.11. The number of anilines is 1. The average Bonchev–Trinajstić information content (AvgIpc) is 2.47. The van der Waals surface area contributed by atoms with Gasteiger partial charge in [0, 0.05) is 5.56 Å². The van der Waals surface area contributed by atoms with E-state index >= 15 is 0 Å². The number of phenols is 1. The summed E-state index contributed by atoms with van der Waals surface area (Å²) in [5, 5.41) is 20.7. The van der Waals surface area contributed by atoms with Gasteiger partial charge in [-0.25, -0.2) is 4.79 Å². The Morgan fingerprint density at radius 2 is 1.67 bits per heavy atom. The largest absolute Gasteiger partial charge is 0.508 e. The number of hydrogen-bond donors (Lipinski definition) is 3. The highest BCUT2D eigenvalue weighted by Gasteiger charge is 2.13. The highest BCUT2D eigenvalue weighted by Crippen LogP contribution is 2.26. The second kappa shape index (κ2) is 5.96. The number of carbonyl (C=O) groups excluding carboxylic acids is 1. The summed E-state index contributed by atoms with van der Waals surface area (Å²) < 4.78 is 5.09. The zero-order valence-electron chi connectivity index (χ0n) is 11.2. The highest BCUT2D eigenvalue weighted by atomic mass is 16.5.